The first-order chi connectivity index (χ1) is 11.5. The van der Waals surface area contributed by atoms with Crippen LogP contribution in [0.15, 0.2) is 34.2 Å². The van der Waals surface area contributed by atoms with Crippen LogP contribution >= 0.6 is 0 Å². The second kappa shape index (κ2) is 9.00. The lowest BCUT2D eigenvalue weighted by Gasteiger charge is -2.12. The van der Waals surface area contributed by atoms with Crippen LogP contribution in [0.3, 0.4) is 0 Å². The van der Waals surface area contributed by atoms with Gasteiger partial charge in [0.1, 0.15) is 0 Å². The minimum Gasteiger partial charge on any atom is -0.383 e. The van der Waals surface area contributed by atoms with Gasteiger partial charge in [-0.15, -0.1) is 0 Å². The van der Waals surface area contributed by atoms with E-state index in [0.717, 1.165) is 24.0 Å². The standard InChI is InChI=1S/C16H26N4O3S/c1-17-16(18-11-13-6-7-13)19-12-14-4-3-5-15(10-14)24(21,22)20-8-9-23-2/h3-5,10,13,20H,6-9,11-12H2,1-2H3,(H2,17,18,19). The number of ether oxygens (including phenoxy) is 1. The molecule has 24 heavy (non-hydrogen) atoms. The van der Waals surface area contributed by atoms with Crippen LogP contribution in [0.4, 0.5) is 0 Å². The minimum atomic E-state index is -3.52. The van der Waals surface area contributed by atoms with Crippen molar-refractivity contribution in [3.63, 3.8) is 0 Å². The fraction of sp³-hybridized carbons (Fsp3) is 0.562. The molecule has 0 unspecified atom stereocenters. The zero-order chi connectivity index (χ0) is 17.4. The summed E-state index contributed by atoms with van der Waals surface area (Å²) in [6.45, 7) is 2.02. The van der Waals surface area contributed by atoms with E-state index in [1.807, 2.05) is 6.07 Å². The molecule has 0 atom stereocenters. The maximum absolute atomic E-state index is 12.2. The SMILES string of the molecule is CN=C(NCc1cccc(S(=O)(=O)NCCOC)c1)NCC1CC1. The summed E-state index contributed by atoms with van der Waals surface area (Å²) in [5.41, 5.74) is 0.874. The smallest absolute Gasteiger partial charge is 0.240 e. The lowest BCUT2D eigenvalue weighted by atomic mass is 10.2. The molecule has 2 rings (SSSR count). The van der Waals surface area contributed by atoms with Crippen LogP contribution < -0.4 is 15.4 Å². The lowest BCUT2D eigenvalue weighted by molar-refractivity contribution is 0.204. The molecule has 0 spiro atoms. The predicted octanol–water partition coefficient (Wildman–Crippen LogP) is 0.686. The lowest BCUT2D eigenvalue weighted by Crippen LogP contribution is -2.37. The van der Waals surface area contributed by atoms with Gasteiger partial charge in [-0.1, -0.05) is 12.1 Å². The number of benzene rings is 1. The summed E-state index contributed by atoms with van der Waals surface area (Å²) >= 11 is 0. The number of hydrogen-bond acceptors (Lipinski definition) is 4. The first kappa shape index (κ1) is 18.7. The maximum Gasteiger partial charge on any atom is 0.240 e. The van der Waals surface area contributed by atoms with Crippen LogP contribution in [0.25, 0.3) is 0 Å². The number of rotatable bonds is 9. The van der Waals surface area contributed by atoms with Gasteiger partial charge in [0.25, 0.3) is 0 Å². The van der Waals surface area contributed by atoms with E-state index >= 15 is 0 Å². The summed E-state index contributed by atoms with van der Waals surface area (Å²) < 4.78 is 31.8. The number of aliphatic imine (C=N–C) groups is 1. The van der Waals surface area contributed by atoms with Gasteiger partial charge in [0.2, 0.25) is 10.0 Å². The van der Waals surface area contributed by atoms with Gasteiger partial charge in [-0.2, -0.15) is 0 Å². The summed E-state index contributed by atoms with van der Waals surface area (Å²) in [7, 11) is -0.258. The zero-order valence-electron chi connectivity index (χ0n) is 14.2. The second-order valence-electron chi connectivity index (χ2n) is 5.79. The van der Waals surface area contributed by atoms with E-state index in [2.05, 4.69) is 20.3 Å². The van der Waals surface area contributed by atoms with Crippen molar-refractivity contribution in [3.8, 4) is 0 Å². The van der Waals surface area contributed by atoms with Crippen molar-refractivity contribution in [1.29, 1.82) is 0 Å². The highest BCUT2D eigenvalue weighted by Crippen LogP contribution is 2.27. The van der Waals surface area contributed by atoms with Crippen molar-refractivity contribution in [1.82, 2.24) is 15.4 Å². The van der Waals surface area contributed by atoms with Gasteiger partial charge in [-0.25, -0.2) is 13.1 Å². The molecule has 0 aromatic heterocycles. The van der Waals surface area contributed by atoms with E-state index in [4.69, 9.17) is 4.74 Å². The van der Waals surface area contributed by atoms with Crippen molar-refractivity contribution in [2.45, 2.75) is 24.3 Å². The highest BCUT2D eigenvalue weighted by molar-refractivity contribution is 7.89. The highest BCUT2D eigenvalue weighted by Gasteiger charge is 2.21. The number of nitrogens with one attached hydrogen (secondary N) is 3. The van der Waals surface area contributed by atoms with Crippen LogP contribution in [0.1, 0.15) is 18.4 Å². The molecule has 0 saturated heterocycles. The number of guanidine groups is 1. The molecule has 1 aromatic rings. The molecule has 8 heteroatoms. The number of hydrogen-bond donors (Lipinski definition) is 3. The van der Waals surface area contributed by atoms with Crippen LogP contribution in [0.2, 0.25) is 0 Å². The van der Waals surface area contributed by atoms with Gasteiger partial charge in [-0.05, 0) is 36.5 Å². The van der Waals surface area contributed by atoms with E-state index in [0.29, 0.717) is 13.2 Å². The van der Waals surface area contributed by atoms with E-state index in [1.165, 1.54) is 20.0 Å². The van der Waals surface area contributed by atoms with Gasteiger partial charge in [0.15, 0.2) is 5.96 Å². The normalized spacial score (nSPS) is 15.3. The Hall–Kier alpha value is -1.64. The molecule has 1 aliphatic rings. The number of sulfonamides is 1. The van der Waals surface area contributed by atoms with Crippen LogP contribution in [-0.4, -0.2) is 48.2 Å². The molecule has 1 saturated carbocycles. The topological polar surface area (TPSA) is 91.8 Å². The van der Waals surface area contributed by atoms with E-state index in [1.54, 1.807) is 25.2 Å². The third-order valence-corrected chi connectivity index (χ3v) is 5.20. The Balaban J connectivity index is 1.91. The highest BCUT2D eigenvalue weighted by atomic mass is 32.2. The second-order valence-corrected chi connectivity index (χ2v) is 7.55. The van der Waals surface area contributed by atoms with E-state index < -0.39 is 10.0 Å². The Morgan fingerprint density at radius 3 is 2.79 bits per heavy atom. The molecule has 7 nitrogen and oxygen atoms in total. The van der Waals surface area contributed by atoms with Crippen molar-refractivity contribution in [2.75, 3.05) is 33.9 Å². The molecule has 134 valence electrons. The Morgan fingerprint density at radius 1 is 1.33 bits per heavy atom. The number of methoxy groups -OCH3 is 1. The Morgan fingerprint density at radius 2 is 2.12 bits per heavy atom. The van der Waals surface area contributed by atoms with Crippen LogP contribution in [0.5, 0.6) is 0 Å². The first-order valence-corrected chi connectivity index (χ1v) is 9.55. The molecule has 1 aromatic carbocycles. The molecular weight excluding hydrogens is 328 g/mol. The first-order valence-electron chi connectivity index (χ1n) is 8.07. The number of nitrogens with zero attached hydrogens (tertiary/aromatic N) is 1. The zero-order valence-corrected chi connectivity index (χ0v) is 15.0. The quantitative estimate of drug-likeness (QED) is 0.345. The Labute approximate surface area is 143 Å². The molecule has 0 bridgehead atoms. The summed E-state index contributed by atoms with van der Waals surface area (Å²) in [5.74, 6) is 1.49. The molecule has 3 N–H and O–H groups in total. The average Bonchev–Trinajstić information content (AvgIpc) is 3.40. The minimum absolute atomic E-state index is 0.249. The van der Waals surface area contributed by atoms with Crippen LogP contribution in [0, 0.1) is 5.92 Å². The van der Waals surface area contributed by atoms with E-state index in [9.17, 15) is 8.42 Å². The van der Waals surface area contributed by atoms with Crippen molar-refractivity contribution < 1.29 is 13.2 Å². The monoisotopic (exact) mass is 354 g/mol. The molecular formula is C16H26N4O3S. The molecule has 1 fully saturated rings. The van der Waals surface area contributed by atoms with Gasteiger partial charge in [-0.3, -0.25) is 4.99 Å². The average molecular weight is 354 g/mol. The third kappa shape index (κ3) is 6.10. The molecule has 0 radical (unpaired) electrons. The van der Waals surface area contributed by atoms with Crippen LogP contribution in [-0.2, 0) is 21.3 Å². The Bertz CT molecular complexity index is 657. The summed E-state index contributed by atoms with van der Waals surface area (Å²) in [6, 6.07) is 6.87. The Kier molecular flexibility index (Phi) is 7.01. The van der Waals surface area contributed by atoms with Gasteiger partial charge < -0.3 is 15.4 Å². The van der Waals surface area contributed by atoms with Gasteiger partial charge >= 0.3 is 0 Å². The fourth-order valence-corrected chi connectivity index (χ4v) is 3.24. The maximum atomic E-state index is 12.2. The summed E-state index contributed by atoms with van der Waals surface area (Å²) in [4.78, 5) is 4.42. The van der Waals surface area contributed by atoms with E-state index in [-0.39, 0.29) is 11.4 Å². The molecule has 0 aliphatic heterocycles. The van der Waals surface area contributed by atoms with Crippen molar-refractivity contribution >= 4 is 16.0 Å². The van der Waals surface area contributed by atoms with Gasteiger partial charge in [0, 0.05) is 33.8 Å². The summed E-state index contributed by atoms with van der Waals surface area (Å²) in [6.07, 6.45) is 2.56. The molecule has 1 aliphatic carbocycles. The predicted molar refractivity (Wildman–Crippen MR) is 94.4 cm³/mol. The van der Waals surface area contributed by atoms with Gasteiger partial charge in [0.05, 0.1) is 11.5 Å². The van der Waals surface area contributed by atoms with Crippen molar-refractivity contribution in [3.05, 3.63) is 29.8 Å². The summed E-state index contributed by atoms with van der Waals surface area (Å²) in [5, 5.41) is 6.48. The largest absolute Gasteiger partial charge is 0.383 e. The fourth-order valence-electron chi connectivity index (χ4n) is 2.15. The third-order valence-electron chi connectivity index (χ3n) is 3.75. The molecule has 0 amide bonds. The molecule has 0 heterocycles. The van der Waals surface area contributed by atoms with Crippen molar-refractivity contribution in [2.24, 2.45) is 10.9 Å².